The first-order valence-electron chi connectivity index (χ1n) is 16.5. The first-order chi connectivity index (χ1) is 24.8. The van der Waals surface area contributed by atoms with Crippen LogP contribution in [0.1, 0.15) is 0 Å². The maximum atomic E-state index is 6.50. The third-order valence-electron chi connectivity index (χ3n) is 9.35. The van der Waals surface area contributed by atoms with Crippen molar-refractivity contribution >= 4 is 43.7 Å². The minimum atomic E-state index is 0.564. The molecule has 4 heterocycles. The molecule has 0 fully saturated rings. The lowest BCUT2D eigenvalue weighted by atomic mass is 10.0. The van der Waals surface area contributed by atoms with E-state index in [1.807, 2.05) is 48.5 Å². The van der Waals surface area contributed by atoms with Gasteiger partial charge in [0.05, 0.1) is 16.4 Å². The Bertz CT molecular complexity index is 2840. The first-order valence-corrected chi connectivity index (χ1v) is 16.5. The summed E-state index contributed by atoms with van der Waals surface area (Å²) in [5.41, 5.74) is 9.87. The highest BCUT2D eigenvalue weighted by Gasteiger charge is 2.20. The second-order valence-electron chi connectivity index (χ2n) is 12.3. The fraction of sp³-hybridized carbons (Fsp3) is 0. The van der Waals surface area contributed by atoms with E-state index in [1.165, 1.54) is 10.8 Å². The molecule has 0 radical (unpaired) electrons. The normalized spacial score (nSPS) is 11.6. The number of hydrogen-bond donors (Lipinski definition) is 0. The second kappa shape index (κ2) is 11.4. The number of pyridine rings is 1. The maximum absolute atomic E-state index is 6.50. The molecule has 6 heteroatoms. The topological polar surface area (TPSA) is 69.6 Å². The van der Waals surface area contributed by atoms with Crippen molar-refractivity contribution in [3.8, 4) is 51.0 Å². The predicted molar refractivity (Wildman–Crippen MR) is 201 cm³/mol. The zero-order valence-electron chi connectivity index (χ0n) is 26.7. The van der Waals surface area contributed by atoms with Crippen LogP contribution in [0.5, 0.6) is 0 Å². The molecule has 0 N–H and O–H groups in total. The van der Waals surface area contributed by atoms with E-state index in [4.69, 9.17) is 19.4 Å². The smallest absolute Gasteiger partial charge is 0.165 e. The zero-order valence-corrected chi connectivity index (χ0v) is 26.7. The Morgan fingerprint density at radius 2 is 1.06 bits per heavy atom. The third kappa shape index (κ3) is 4.58. The van der Waals surface area contributed by atoms with Crippen molar-refractivity contribution in [2.75, 3.05) is 0 Å². The van der Waals surface area contributed by atoms with Gasteiger partial charge in [0.1, 0.15) is 11.2 Å². The number of para-hydroxylation sites is 2. The molecule has 0 saturated heterocycles. The molecule has 0 saturated carbocycles. The molecule has 10 aromatic rings. The van der Waals surface area contributed by atoms with Crippen molar-refractivity contribution in [1.82, 2.24) is 24.5 Å². The molecule has 0 aliphatic heterocycles. The largest absolute Gasteiger partial charge is 0.456 e. The number of rotatable bonds is 5. The van der Waals surface area contributed by atoms with E-state index in [1.54, 1.807) is 12.4 Å². The SMILES string of the molecule is c1ccc(-c2ccc(-c3nc(-c4cccnc4)nc(-c4ccc5oc6ccc7c8ccccc8n(-c8ccccc8)c7c6c5c4)n3)cc2)cc1. The minimum Gasteiger partial charge on any atom is -0.456 e. The van der Waals surface area contributed by atoms with Crippen LogP contribution < -0.4 is 0 Å². The van der Waals surface area contributed by atoms with Crippen molar-refractivity contribution in [2.24, 2.45) is 0 Å². The van der Waals surface area contributed by atoms with Gasteiger partial charge in [-0.15, -0.1) is 0 Å². The van der Waals surface area contributed by atoms with Gasteiger partial charge in [-0.2, -0.15) is 0 Å². The van der Waals surface area contributed by atoms with E-state index >= 15 is 0 Å². The monoisotopic (exact) mass is 641 g/mol. The van der Waals surface area contributed by atoms with Crippen LogP contribution in [-0.4, -0.2) is 24.5 Å². The van der Waals surface area contributed by atoms with E-state index < -0.39 is 0 Å². The number of benzene rings is 6. The van der Waals surface area contributed by atoms with Crippen molar-refractivity contribution < 1.29 is 4.42 Å². The van der Waals surface area contributed by atoms with Crippen molar-refractivity contribution in [3.05, 3.63) is 164 Å². The highest BCUT2D eigenvalue weighted by molar-refractivity contribution is 6.24. The first kappa shape index (κ1) is 28.1. The van der Waals surface area contributed by atoms with Gasteiger partial charge in [0.25, 0.3) is 0 Å². The number of fused-ring (bicyclic) bond motifs is 7. The number of hydrogen-bond acceptors (Lipinski definition) is 5. The number of furan rings is 1. The second-order valence-corrected chi connectivity index (χ2v) is 12.3. The summed E-state index contributed by atoms with van der Waals surface area (Å²) in [7, 11) is 0. The molecule has 0 unspecified atom stereocenters. The average molecular weight is 642 g/mol. The van der Waals surface area contributed by atoms with Crippen molar-refractivity contribution in [2.45, 2.75) is 0 Å². The Morgan fingerprint density at radius 1 is 0.440 bits per heavy atom. The minimum absolute atomic E-state index is 0.564. The summed E-state index contributed by atoms with van der Waals surface area (Å²) in [6.07, 6.45) is 3.54. The van der Waals surface area contributed by atoms with Crippen LogP contribution in [0.2, 0.25) is 0 Å². The molecule has 0 aliphatic carbocycles. The van der Waals surface area contributed by atoms with Crippen LogP contribution in [0.25, 0.3) is 94.7 Å². The van der Waals surface area contributed by atoms with E-state index in [-0.39, 0.29) is 0 Å². The molecule has 6 aromatic carbocycles. The van der Waals surface area contributed by atoms with Crippen LogP contribution >= 0.6 is 0 Å². The molecule has 0 amide bonds. The summed E-state index contributed by atoms with van der Waals surface area (Å²) in [5.74, 6) is 1.74. The fourth-order valence-corrected chi connectivity index (χ4v) is 7.00. The van der Waals surface area contributed by atoms with Crippen molar-refractivity contribution in [3.63, 3.8) is 0 Å². The van der Waals surface area contributed by atoms with Crippen molar-refractivity contribution in [1.29, 1.82) is 0 Å². The van der Waals surface area contributed by atoms with Crippen LogP contribution in [0, 0.1) is 0 Å². The number of nitrogens with zero attached hydrogens (tertiary/aromatic N) is 5. The molecule has 50 heavy (non-hydrogen) atoms. The quantitative estimate of drug-likeness (QED) is 0.187. The van der Waals surface area contributed by atoms with Gasteiger partial charge < -0.3 is 8.98 Å². The van der Waals surface area contributed by atoms with Crippen LogP contribution in [0.4, 0.5) is 0 Å². The summed E-state index contributed by atoms with van der Waals surface area (Å²) >= 11 is 0. The van der Waals surface area contributed by atoms with E-state index in [0.29, 0.717) is 17.5 Å². The molecule has 0 aliphatic rings. The van der Waals surface area contributed by atoms with Gasteiger partial charge in [-0.1, -0.05) is 91.0 Å². The van der Waals surface area contributed by atoms with Crippen LogP contribution in [-0.2, 0) is 0 Å². The zero-order chi connectivity index (χ0) is 33.0. The summed E-state index contributed by atoms with van der Waals surface area (Å²) in [4.78, 5) is 19.3. The van der Waals surface area contributed by atoms with E-state index in [9.17, 15) is 0 Å². The van der Waals surface area contributed by atoms with Gasteiger partial charge >= 0.3 is 0 Å². The third-order valence-corrected chi connectivity index (χ3v) is 9.35. The molecule has 234 valence electrons. The summed E-state index contributed by atoms with van der Waals surface area (Å²) in [6, 6.07) is 52.1. The Hall–Kier alpha value is -6.92. The Kier molecular flexibility index (Phi) is 6.39. The lowest BCUT2D eigenvalue weighted by Gasteiger charge is -2.09. The fourth-order valence-electron chi connectivity index (χ4n) is 7.00. The lowest BCUT2D eigenvalue weighted by Crippen LogP contribution is -2.00. The molecular formula is C44H27N5O. The molecule has 6 nitrogen and oxygen atoms in total. The molecular weight excluding hydrogens is 615 g/mol. The van der Waals surface area contributed by atoms with Gasteiger partial charge in [0, 0.05) is 50.9 Å². The van der Waals surface area contributed by atoms with E-state index in [0.717, 1.165) is 66.5 Å². The summed E-state index contributed by atoms with van der Waals surface area (Å²) in [6.45, 7) is 0. The molecule has 0 bridgehead atoms. The average Bonchev–Trinajstić information content (AvgIpc) is 3.74. The molecule has 4 aromatic heterocycles. The summed E-state index contributed by atoms with van der Waals surface area (Å²) < 4.78 is 8.84. The standard InChI is InChI=1S/C44H27N5O/c1-3-10-28(11-4-1)29-17-19-30(20-18-29)42-46-43(48-44(47-42)32-12-9-25-45-27-32)31-21-23-38-36(26-31)40-39(50-38)24-22-35-34-15-7-8-16-37(34)49(41(35)40)33-13-5-2-6-14-33/h1-27H. The van der Waals surface area contributed by atoms with Gasteiger partial charge in [-0.05, 0) is 71.8 Å². The summed E-state index contributed by atoms with van der Waals surface area (Å²) in [5, 5.41) is 4.42. The highest BCUT2D eigenvalue weighted by Crippen LogP contribution is 2.41. The van der Waals surface area contributed by atoms with Gasteiger partial charge in [-0.25, -0.2) is 15.0 Å². The maximum Gasteiger partial charge on any atom is 0.165 e. The Balaban J connectivity index is 1.19. The van der Waals surface area contributed by atoms with Crippen LogP contribution in [0.3, 0.4) is 0 Å². The van der Waals surface area contributed by atoms with Gasteiger partial charge in [-0.3, -0.25) is 4.98 Å². The van der Waals surface area contributed by atoms with Gasteiger partial charge in [0.2, 0.25) is 0 Å². The Labute approximate surface area is 287 Å². The molecule has 10 rings (SSSR count). The number of aromatic nitrogens is 5. The predicted octanol–water partition coefficient (Wildman–Crippen LogP) is 10.9. The van der Waals surface area contributed by atoms with Gasteiger partial charge in [0.15, 0.2) is 17.5 Å². The lowest BCUT2D eigenvalue weighted by molar-refractivity contribution is 0.669. The highest BCUT2D eigenvalue weighted by atomic mass is 16.3. The van der Waals surface area contributed by atoms with Crippen LogP contribution in [0.15, 0.2) is 168 Å². The molecule has 0 atom stereocenters. The van der Waals surface area contributed by atoms with E-state index in [2.05, 4.69) is 113 Å². The molecule has 0 spiro atoms. The Morgan fingerprint density at radius 3 is 1.84 bits per heavy atom.